The minimum absolute atomic E-state index is 0.163. The molecule has 4 rings (SSSR count). The maximum atomic E-state index is 13.2. The number of hydrogen-bond acceptors (Lipinski definition) is 5. The van der Waals surface area contributed by atoms with E-state index in [0.717, 1.165) is 16.8 Å². The van der Waals surface area contributed by atoms with E-state index < -0.39 is 17.4 Å². The van der Waals surface area contributed by atoms with Crippen LogP contribution >= 0.6 is 11.6 Å². The van der Waals surface area contributed by atoms with E-state index in [9.17, 15) is 9.59 Å². The molecule has 1 aliphatic heterocycles. The van der Waals surface area contributed by atoms with Crippen molar-refractivity contribution >= 4 is 29.2 Å². The van der Waals surface area contributed by atoms with Crippen LogP contribution in [0.5, 0.6) is 0 Å². The Morgan fingerprint density at radius 1 is 0.938 bits per heavy atom. The molecule has 0 aliphatic carbocycles. The number of carbonyl (C=O) groups excluding carboxylic acids is 2. The smallest absolute Gasteiger partial charge is 0.327 e. The lowest BCUT2D eigenvalue weighted by atomic mass is 9.70. The summed E-state index contributed by atoms with van der Waals surface area (Å²) in [6.45, 7) is 0.591. The van der Waals surface area contributed by atoms with Gasteiger partial charge >= 0.3 is 11.9 Å². The van der Waals surface area contributed by atoms with Gasteiger partial charge in [0.1, 0.15) is 0 Å². The molecule has 0 bridgehead atoms. The van der Waals surface area contributed by atoms with E-state index in [1.165, 1.54) is 14.2 Å². The average Bonchev–Trinajstić information content (AvgIpc) is 2.84. The second-order valence-electron chi connectivity index (χ2n) is 7.79. The molecule has 32 heavy (non-hydrogen) atoms. The fourth-order valence-corrected chi connectivity index (χ4v) is 4.72. The highest BCUT2D eigenvalue weighted by Gasteiger charge is 2.56. The predicted molar refractivity (Wildman–Crippen MR) is 124 cm³/mol. The molecular formula is C26H24ClNO4. The summed E-state index contributed by atoms with van der Waals surface area (Å²) < 4.78 is 10.3. The minimum Gasteiger partial charge on any atom is -0.468 e. The zero-order valence-electron chi connectivity index (χ0n) is 18.0. The molecule has 0 saturated heterocycles. The molecule has 164 valence electrons. The van der Waals surface area contributed by atoms with Crippen molar-refractivity contribution in [2.24, 2.45) is 0 Å². The molecule has 0 saturated carbocycles. The van der Waals surface area contributed by atoms with E-state index in [-0.39, 0.29) is 12.5 Å². The van der Waals surface area contributed by atoms with Crippen LogP contribution in [-0.4, -0.2) is 26.2 Å². The maximum Gasteiger partial charge on any atom is 0.327 e. The van der Waals surface area contributed by atoms with E-state index in [1.807, 2.05) is 54.6 Å². The number of carbonyl (C=O) groups is 2. The summed E-state index contributed by atoms with van der Waals surface area (Å²) in [5.41, 5.74) is 1.71. The Morgan fingerprint density at radius 2 is 1.53 bits per heavy atom. The van der Waals surface area contributed by atoms with E-state index in [1.54, 1.807) is 12.1 Å². The van der Waals surface area contributed by atoms with Crippen LogP contribution in [0.1, 0.15) is 29.2 Å². The monoisotopic (exact) mass is 449 g/mol. The molecule has 0 radical (unpaired) electrons. The van der Waals surface area contributed by atoms with Crippen molar-refractivity contribution in [3.63, 3.8) is 0 Å². The van der Waals surface area contributed by atoms with E-state index in [2.05, 4.69) is 17.0 Å². The number of rotatable bonds is 5. The standard InChI is InChI=1S/C26H24ClNO4/c1-31-24(29)26(25(30)32-2)16-23(19-11-7-4-8-12-19)28(17-18-9-5-3-6-10-18)22-14-13-20(27)15-21(22)26/h3-15,23H,16-17H2,1-2H3/t23-/m0/s1. The molecule has 0 amide bonds. The van der Waals surface area contributed by atoms with Gasteiger partial charge in [-0.15, -0.1) is 0 Å². The van der Waals surface area contributed by atoms with Crippen LogP contribution in [0.2, 0.25) is 5.02 Å². The van der Waals surface area contributed by atoms with Gasteiger partial charge in [-0.25, -0.2) is 0 Å². The van der Waals surface area contributed by atoms with E-state index in [0.29, 0.717) is 17.1 Å². The third kappa shape index (κ3) is 3.73. The Kier molecular flexibility index (Phi) is 6.19. The van der Waals surface area contributed by atoms with Crippen LogP contribution in [-0.2, 0) is 31.0 Å². The molecule has 1 heterocycles. The molecule has 6 heteroatoms. The summed E-state index contributed by atoms with van der Waals surface area (Å²) in [6.07, 6.45) is 0.163. The minimum atomic E-state index is -1.63. The van der Waals surface area contributed by atoms with Gasteiger partial charge in [-0.3, -0.25) is 9.59 Å². The van der Waals surface area contributed by atoms with Crippen LogP contribution in [0.25, 0.3) is 0 Å². The summed E-state index contributed by atoms with van der Waals surface area (Å²) >= 11 is 6.34. The number of benzene rings is 3. The van der Waals surface area contributed by atoms with Gasteiger partial charge in [-0.1, -0.05) is 72.3 Å². The van der Waals surface area contributed by atoms with Gasteiger partial charge in [0.15, 0.2) is 5.41 Å². The van der Waals surface area contributed by atoms with Crippen LogP contribution in [0, 0.1) is 0 Å². The Morgan fingerprint density at radius 3 is 2.12 bits per heavy atom. The number of nitrogens with zero attached hydrogens (tertiary/aromatic N) is 1. The SMILES string of the molecule is COC(=O)C1(C(=O)OC)C[C@@H](c2ccccc2)N(Cc2ccccc2)c2ccc(Cl)cc21. The highest BCUT2D eigenvalue weighted by atomic mass is 35.5. The van der Waals surface area contributed by atoms with E-state index in [4.69, 9.17) is 21.1 Å². The number of esters is 2. The average molecular weight is 450 g/mol. The zero-order valence-corrected chi connectivity index (χ0v) is 18.7. The molecule has 1 aliphatic rings. The van der Waals surface area contributed by atoms with Gasteiger partial charge in [0, 0.05) is 29.2 Å². The maximum absolute atomic E-state index is 13.2. The molecule has 0 aromatic heterocycles. The number of methoxy groups -OCH3 is 2. The molecule has 5 nitrogen and oxygen atoms in total. The Balaban J connectivity index is 1.97. The number of hydrogen-bond donors (Lipinski definition) is 0. The lowest BCUT2D eigenvalue weighted by Crippen LogP contribution is -2.52. The van der Waals surface area contributed by atoms with Crippen molar-refractivity contribution in [3.8, 4) is 0 Å². The van der Waals surface area contributed by atoms with E-state index >= 15 is 0 Å². The fraction of sp³-hybridized carbons (Fsp3) is 0.231. The summed E-state index contributed by atoms with van der Waals surface area (Å²) in [5.74, 6) is -1.32. The lowest BCUT2D eigenvalue weighted by Gasteiger charge is -2.46. The number of fused-ring (bicyclic) bond motifs is 1. The Bertz CT molecular complexity index is 1100. The van der Waals surface area contributed by atoms with Crippen LogP contribution in [0.15, 0.2) is 78.9 Å². The van der Waals surface area contributed by atoms with Gasteiger partial charge in [0.25, 0.3) is 0 Å². The summed E-state index contributed by atoms with van der Waals surface area (Å²) in [5, 5.41) is 0.429. The Labute approximate surface area is 192 Å². The quantitative estimate of drug-likeness (QED) is 0.402. The van der Waals surface area contributed by atoms with Crippen molar-refractivity contribution < 1.29 is 19.1 Å². The van der Waals surface area contributed by atoms with Crippen molar-refractivity contribution in [2.75, 3.05) is 19.1 Å². The molecule has 0 spiro atoms. The molecule has 3 aromatic rings. The highest BCUT2D eigenvalue weighted by molar-refractivity contribution is 6.31. The molecule has 0 fully saturated rings. The lowest BCUT2D eigenvalue weighted by molar-refractivity contribution is -0.163. The highest BCUT2D eigenvalue weighted by Crippen LogP contribution is 2.50. The van der Waals surface area contributed by atoms with Crippen LogP contribution < -0.4 is 4.90 Å². The summed E-state index contributed by atoms with van der Waals surface area (Å²) in [4.78, 5) is 28.6. The molecule has 1 atom stereocenters. The molecule has 0 N–H and O–H groups in total. The third-order valence-corrected chi connectivity index (χ3v) is 6.29. The third-order valence-electron chi connectivity index (χ3n) is 6.05. The van der Waals surface area contributed by atoms with Gasteiger partial charge < -0.3 is 14.4 Å². The second kappa shape index (κ2) is 9.05. The molecular weight excluding hydrogens is 426 g/mol. The van der Waals surface area contributed by atoms with Gasteiger partial charge in [-0.2, -0.15) is 0 Å². The van der Waals surface area contributed by atoms with Gasteiger partial charge in [0.2, 0.25) is 0 Å². The Hall–Kier alpha value is -3.31. The first-order valence-electron chi connectivity index (χ1n) is 10.3. The molecule has 3 aromatic carbocycles. The van der Waals surface area contributed by atoms with Crippen molar-refractivity contribution in [1.29, 1.82) is 0 Å². The van der Waals surface area contributed by atoms with Gasteiger partial charge in [0.05, 0.1) is 20.3 Å². The van der Waals surface area contributed by atoms with Gasteiger partial charge in [-0.05, 0) is 29.3 Å². The van der Waals surface area contributed by atoms with Crippen molar-refractivity contribution in [1.82, 2.24) is 0 Å². The first kappa shape index (κ1) is 21.9. The summed E-state index contributed by atoms with van der Waals surface area (Å²) in [6, 6.07) is 24.9. The predicted octanol–water partition coefficient (Wildman–Crippen LogP) is 5.08. The number of halogens is 1. The first-order chi connectivity index (χ1) is 15.5. The van der Waals surface area contributed by atoms with Crippen molar-refractivity contribution in [3.05, 3.63) is 101 Å². The number of ether oxygens (including phenoxy) is 2. The first-order valence-corrected chi connectivity index (χ1v) is 10.7. The normalized spacial score (nSPS) is 16.7. The van der Waals surface area contributed by atoms with Crippen LogP contribution in [0.3, 0.4) is 0 Å². The summed E-state index contributed by atoms with van der Waals surface area (Å²) in [7, 11) is 2.57. The van der Waals surface area contributed by atoms with Crippen LogP contribution in [0.4, 0.5) is 5.69 Å². The molecule has 0 unspecified atom stereocenters. The topological polar surface area (TPSA) is 55.8 Å². The zero-order chi connectivity index (χ0) is 22.7. The fourth-order valence-electron chi connectivity index (χ4n) is 4.55. The number of anilines is 1. The van der Waals surface area contributed by atoms with Crippen molar-refractivity contribution in [2.45, 2.75) is 24.4 Å². The largest absolute Gasteiger partial charge is 0.468 e. The second-order valence-corrected chi connectivity index (χ2v) is 8.23.